The van der Waals surface area contributed by atoms with Gasteiger partial charge in [-0.2, -0.15) is 0 Å². The molecule has 1 rings (SSSR count). The van der Waals surface area contributed by atoms with Gasteiger partial charge in [-0.25, -0.2) is 4.39 Å². The van der Waals surface area contributed by atoms with Gasteiger partial charge in [0.2, 0.25) is 0 Å². The molecule has 0 saturated carbocycles. The van der Waals surface area contributed by atoms with E-state index in [2.05, 4.69) is 21.2 Å². The normalized spacial score (nSPS) is 10.2. The lowest BCUT2D eigenvalue weighted by Gasteiger charge is -2.07. The van der Waals surface area contributed by atoms with Crippen molar-refractivity contribution >= 4 is 15.9 Å². The van der Waals surface area contributed by atoms with Crippen LogP contribution in [-0.4, -0.2) is 19.7 Å². The zero-order valence-electron chi connectivity index (χ0n) is 8.02. The van der Waals surface area contributed by atoms with Crippen LogP contribution in [0.25, 0.3) is 0 Å². The summed E-state index contributed by atoms with van der Waals surface area (Å²) >= 11 is 3.26. The highest BCUT2D eigenvalue weighted by Gasteiger charge is 2.02. The lowest BCUT2D eigenvalue weighted by atomic mass is 10.3. The van der Waals surface area contributed by atoms with Crippen molar-refractivity contribution in [2.24, 2.45) is 0 Å². The molecule has 0 spiro atoms. The number of likely N-dealkylation sites (N-methyl/N-ethyl adjacent to an activating group) is 1. The topological polar surface area (TPSA) is 21.3 Å². The van der Waals surface area contributed by atoms with E-state index in [1.165, 1.54) is 6.07 Å². The van der Waals surface area contributed by atoms with Crippen LogP contribution in [0, 0.1) is 5.82 Å². The van der Waals surface area contributed by atoms with E-state index < -0.39 is 0 Å². The van der Waals surface area contributed by atoms with Crippen molar-refractivity contribution in [3.63, 3.8) is 0 Å². The van der Waals surface area contributed by atoms with Gasteiger partial charge in [0, 0.05) is 11.0 Å². The zero-order chi connectivity index (χ0) is 10.4. The molecule has 0 atom stereocenters. The van der Waals surface area contributed by atoms with Gasteiger partial charge in [0.15, 0.2) is 11.6 Å². The summed E-state index contributed by atoms with van der Waals surface area (Å²) in [6.45, 7) is 4.10. The first-order valence-corrected chi connectivity index (χ1v) is 5.32. The third-order valence-electron chi connectivity index (χ3n) is 1.68. The summed E-state index contributed by atoms with van der Waals surface area (Å²) in [5.74, 6) is -0.0398. The first-order chi connectivity index (χ1) is 6.74. The third kappa shape index (κ3) is 3.64. The van der Waals surface area contributed by atoms with E-state index in [1.807, 2.05) is 6.92 Å². The van der Waals surface area contributed by atoms with Crippen molar-refractivity contribution in [1.82, 2.24) is 5.32 Å². The second kappa shape index (κ2) is 5.98. The van der Waals surface area contributed by atoms with Gasteiger partial charge in [-0.15, -0.1) is 0 Å². The Labute approximate surface area is 91.6 Å². The van der Waals surface area contributed by atoms with Crippen LogP contribution in [-0.2, 0) is 0 Å². The molecule has 0 unspecified atom stereocenters. The van der Waals surface area contributed by atoms with Gasteiger partial charge in [-0.05, 0) is 24.7 Å². The van der Waals surface area contributed by atoms with E-state index in [0.717, 1.165) is 17.6 Å². The summed E-state index contributed by atoms with van der Waals surface area (Å²) in [5, 5.41) is 3.09. The lowest BCUT2D eigenvalue weighted by Crippen LogP contribution is -2.20. The van der Waals surface area contributed by atoms with Crippen molar-refractivity contribution in [3.05, 3.63) is 28.5 Å². The highest BCUT2D eigenvalue weighted by molar-refractivity contribution is 9.10. The van der Waals surface area contributed by atoms with Crippen LogP contribution >= 0.6 is 15.9 Å². The molecule has 0 bridgehead atoms. The zero-order valence-corrected chi connectivity index (χ0v) is 9.60. The Kier molecular flexibility index (Phi) is 4.90. The number of nitrogens with one attached hydrogen (secondary N) is 1. The largest absolute Gasteiger partial charge is 0.489 e. The molecule has 78 valence electrons. The minimum absolute atomic E-state index is 0.289. The van der Waals surface area contributed by atoms with Gasteiger partial charge in [-0.3, -0.25) is 0 Å². The van der Waals surface area contributed by atoms with Crippen LogP contribution in [0.4, 0.5) is 4.39 Å². The van der Waals surface area contributed by atoms with Crippen molar-refractivity contribution in [2.75, 3.05) is 19.7 Å². The maximum Gasteiger partial charge on any atom is 0.165 e. The van der Waals surface area contributed by atoms with Crippen LogP contribution in [0.2, 0.25) is 0 Å². The predicted octanol–water partition coefficient (Wildman–Crippen LogP) is 2.58. The number of hydrogen-bond donors (Lipinski definition) is 1. The minimum atomic E-state index is -0.329. The molecule has 1 aromatic carbocycles. The molecule has 0 aliphatic rings. The second-order valence-corrected chi connectivity index (χ2v) is 3.69. The highest BCUT2D eigenvalue weighted by atomic mass is 79.9. The lowest BCUT2D eigenvalue weighted by molar-refractivity contribution is 0.300. The molecule has 0 heterocycles. The van der Waals surface area contributed by atoms with Crippen LogP contribution in [0.15, 0.2) is 22.7 Å². The average molecular weight is 262 g/mol. The summed E-state index contributed by atoms with van der Waals surface area (Å²) in [7, 11) is 0. The van der Waals surface area contributed by atoms with E-state index >= 15 is 0 Å². The molecular formula is C10H13BrFNO. The molecule has 14 heavy (non-hydrogen) atoms. The van der Waals surface area contributed by atoms with Gasteiger partial charge in [0.05, 0.1) is 0 Å². The number of benzene rings is 1. The quantitative estimate of drug-likeness (QED) is 0.823. The molecule has 1 N–H and O–H groups in total. The van der Waals surface area contributed by atoms with E-state index in [1.54, 1.807) is 12.1 Å². The molecular weight excluding hydrogens is 249 g/mol. The fraction of sp³-hybridized carbons (Fsp3) is 0.400. The minimum Gasteiger partial charge on any atom is -0.489 e. The molecule has 0 fully saturated rings. The average Bonchev–Trinajstić information content (AvgIpc) is 2.18. The van der Waals surface area contributed by atoms with E-state index in [4.69, 9.17) is 4.74 Å². The third-order valence-corrected chi connectivity index (χ3v) is 2.17. The number of rotatable bonds is 5. The van der Waals surface area contributed by atoms with Crippen molar-refractivity contribution in [3.8, 4) is 5.75 Å². The highest BCUT2D eigenvalue weighted by Crippen LogP contribution is 2.21. The Bertz CT molecular complexity index is 293. The summed E-state index contributed by atoms with van der Waals surface area (Å²) in [5.41, 5.74) is 0. The van der Waals surface area contributed by atoms with Gasteiger partial charge >= 0.3 is 0 Å². The van der Waals surface area contributed by atoms with Crippen LogP contribution < -0.4 is 10.1 Å². The molecule has 0 saturated heterocycles. The molecule has 0 aliphatic carbocycles. The summed E-state index contributed by atoms with van der Waals surface area (Å²) in [4.78, 5) is 0. The smallest absolute Gasteiger partial charge is 0.165 e. The predicted molar refractivity (Wildman–Crippen MR) is 58.1 cm³/mol. The first-order valence-electron chi connectivity index (χ1n) is 4.52. The van der Waals surface area contributed by atoms with E-state index in [-0.39, 0.29) is 11.6 Å². The Morgan fingerprint density at radius 2 is 2.29 bits per heavy atom. The molecule has 2 nitrogen and oxygen atoms in total. The summed E-state index contributed by atoms with van der Waals surface area (Å²) < 4.78 is 19.2. The van der Waals surface area contributed by atoms with Gasteiger partial charge in [0.1, 0.15) is 6.61 Å². The molecule has 4 heteroatoms. The monoisotopic (exact) mass is 261 g/mol. The molecule has 0 radical (unpaired) electrons. The van der Waals surface area contributed by atoms with E-state index in [0.29, 0.717) is 6.61 Å². The number of ether oxygens (including phenoxy) is 1. The van der Waals surface area contributed by atoms with Gasteiger partial charge < -0.3 is 10.1 Å². The van der Waals surface area contributed by atoms with Crippen LogP contribution in [0.5, 0.6) is 5.75 Å². The summed E-state index contributed by atoms with van der Waals surface area (Å²) in [6, 6.07) is 4.65. The Morgan fingerprint density at radius 1 is 1.50 bits per heavy atom. The standard InChI is InChI=1S/C10H13BrFNO/c1-2-13-5-6-14-10-7-8(11)3-4-9(10)12/h3-4,7,13H,2,5-6H2,1H3. The fourth-order valence-electron chi connectivity index (χ4n) is 0.998. The molecule has 0 aromatic heterocycles. The Morgan fingerprint density at radius 3 is 3.00 bits per heavy atom. The fourth-order valence-corrected chi connectivity index (χ4v) is 1.34. The van der Waals surface area contributed by atoms with Crippen LogP contribution in [0.3, 0.4) is 0 Å². The molecule has 0 aliphatic heterocycles. The number of halogens is 2. The summed E-state index contributed by atoms with van der Waals surface area (Å²) in [6.07, 6.45) is 0. The van der Waals surface area contributed by atoms with Crippen molar-refractivity contribution in [2.45, 2.75) is 6.92 Å². The van der Waals surface area contributed by atoms with Crippen molar-refractivity contribution in [1.29, 1.82) is 0 Å². The van der Waals surface area contributed by atoms with Gasteiger partial charge in [0.25, 0.3) is 0 Å². The van der Waals surface area contributed by atoms with Gasteiger partial charge in [-0.1, -0.05) is 22.9 Å². The first kappa shape index (κ1) is 11.5. The Hall–Kier alpha value is -0.610. The maximum atomic E-state index is 13.1. The second-order valence-electron chi connectivity index (χ2n) is 2.78. The molecule has 0 amide bonds. The van der Waals surface area contributed by atoms with Crippen molar-refractivity contribution < 1.29 is 9.13 Å². The maximum absolute atomic E-state index is 13.1. The Balaban J connectivity index is 2.45. The SMILES string of the molecule is CCNCCOc1cc(Br)ccc1F. The van der Waals surface area contributed by atoms with E-state index in [9.17, 15) is 4.39 Å². The van der Waals surface area contributed by atoms with Crippen LogP contribution in [0.1, 0.15) is 6.92 Å². The number of hydrogen-bond acceptors (Lipinski definition) is 2. The molecule has 1 aromatic rings.